The number of benzene rings is 1. The molecule has 3 aromatic rings. The summed E-state index contributed by atoms with van der Waals surface area (Å²) in [5, 5.41) is 2.46. The summed E-state index contributed by atoms with van der Waals surface area (Å²) >= 11 is 1.42. The van der Waals surface area contributed by atoms with Crippen molar-refractivity contribution in [1.29, 1.82) is 0 Å². The molecule has 6 nitrogen and oxygen atoms in total. The fourth-order valence-electron chi connectivity index (χ4n) is 2.89. The van der Waals surface area contributed by atoms with Crippen molar-refractivity contribution in [2.75, 3.05) is 13.7 Å². The molecule has 2 aromatic heterocycles. The zero-order valence-electron chi connectivity index (χ0n) is 15.0. The van der Waals surface area contributed by atoms with E-state index in [4.69, 9.17) is 10.5 Å². The zero-order chi connectivity index (χ0) is 18.8. The Hall–Kier alpha value is -2.51. The number of methoxy groups -OCH3 is 1. The van der Waals surface area contributed by atoms with Crippen LogP contribution in [0.3, 0.4) is 0 Å². The summed E-state index contributed by atoms with van der Waals surface area (Å²) in [5.74, 6) is -0.0630. The van der Waals surface area contributed by atoms with E-state index in [2.05, 4.69) is 4.98 Å². The second-order valence-electron chi connectivity index (χ2n) is 6.22. The molecule has 3 rings (SSSR count). The number of aryl methyl sites for hydroxylation is 1. The van der Waals surface area contributed by atoms with Crippen LogP contribution >= 0.6 is 11.3 Å². The molecule has 0 aliphatic heterocycles. The topological polar surface area (TPSA) is 87.2 Å². The van der Waals surface area contributed by atoms with Gasteiger partial charge in [0.25, 0.3) is 5.56 Å². The third kappa shape index (κ3) is 3.27. The Balaban J connectivity index is 2.26. The maximum atomic E-state index is 13.3. The molecule has 0 aliphatic rings. The van der Waals surface area contributed by atoms with E-state index in [1.807, 2.05) is 36.6 Å². The highest BCUT2D eigenvalue weighted by Gasteiger charge is 2.22. The molecule has 0 radical (unpaired) electrons. The molecular formula is C19H21N3O3S. The quantitative estimate of drug-likeness (QED) is 0.722. The van der Waals surface area contributed by atoms with Crippen molar-refractivity contribution in [3.8, 4) is 11.1 Å². The van der Waals surface area contributed by atoms with Crippen LogP contribution in [0.4, 0.5) is 0 Å². The van der Waals surface area contributed by atoms with Crippen molar-refractivity contribution in [3.05, 3.63) is 51.4 Å². The van der Waals surface area contributed by atoms with E-state index in [1.54, 1.807) is 14.0 Å². The first-order valence-corrected chi connectivity index (χ1v) is 9.20. The van der Waals surface area contributed by atoms with E-state index in [0.717, 1.165) is 16.7 Å². The van der Waals surface area contributed by atoms with Crippen molar-refractivity contribution >= 4 is 27.5 Å². The van der Waals surface area contributed by atoms with Crippen LogP contribution in [0.2, 0.25) is 0 Å². The standard InChI is InChI=1S/C19H21N3O3S/c1-11-4-6-13(7-5-11)14-10-26-18-16(14)19(24)22(12(2)17(20)23)15(21-18)8-9-25-3/h4-7,10,12H,8-9H2,1-3H3,(H2,20,23). The molecule has 0 aliphatic carbocycles. The number of hydrogen-bond acceptors (Lipinski definition) is 5. The Kier molecular flexibility index (Phi) is 5.20. The van der Waals surface area contributed by atoms with Crippen molar-refractivity contribution in [2.45, 2.75) is 26.3 Å². The lowest BCUT2D eigenvalue weighted by molar-refractivity contribution is -0.120. The fraction of sp³-hybridized carbons (Fsp3) is 0.316. The number of nitrogens with two attached hydrogens (primary N) is 1. The first kappa shape index (κ1) is 18.3. The smallest absolute Gasteiger partial charge is 0.263 e. The molecule has 0 spiro atoms. The number of carbonyl (C=O) groups is 1. The predicted molar refractivity (Wildman–Crippen MR) is 104 cm³/mol. The van der Waals surface area contributed by atoms with Crippen LogP contribution in [0, 0.1) is 6.92 Å². The van der Waals surface area contributed by atoms with Gasteiger partial charge in [0.1, 0.15) is 16.7 Å². The van der Waals surface area contributed by atoms with E-state index in [1.165, 1.54) is 15.9 Å². The average molecular weight is 371 g/mol. The molecule has 0 saturated carbocycles. The molecule has 7 heteroatoms. The summed E-state index contributed by atoms with van der Waals surface area (Å²) in [5.41, 5.74) is 8.14. The summed E-state index contributed by atoms with van der Waals surface area (Å²) in [4.78, 5) is 30.3. The van der Waals surface area contributed by atoms with Crippen LogP contribution in [0.1, 0.15) is 24.4 Å². The van der Waals surface area contributed by atoms with Crippen molar-refractivity contribution in [3.63, 3.8) is 0 Å². The predicted octanol–water partition coefficient (Wildman–Crippen LogP) is 2.67. The highest BCUT2D eigenvalue weighted by atomic mass is 32.1. The van der Waals surface area contributed by atoms with Gasteiger partial charge in [-0.15, -0.1) is 11.3 Å². The van der Waals surface area contributed by atoms with Gasteiger partial charge < -0.3 is 10.5 Å². The highest BCUT2D eigenvalue weighted by Crippen LogP contribution is 2.31. The maximum Gasteiger partial charge on any atom is 0.263 e. The maximum absolute atomic E-state index is 13.3. The van der Waals surface area contributed by atoms with Gasteiger partial charge >= 0.3 is 0 Å². The first-order chi connectivity index (χ1) is 12.4. The number of carbonyl (C=O) groups excluding carboxylic acids is 1. The summed E-state index contributed by atoms with van der Waals surface area (Å²) in [6.45, 7) is 4.03. The average Bonchev–Trinajstić information content (AvgIpc) is 3.04. The highest BCUT2D eigenvalue weighted by molar-refractivity contribution is 7.17. The van der Waals surface area contributed by atoms with Gasteiger partial charge in [-0.2, -0.15) is 0 Å². The Labute approximate surface area is 155 Å². The molecular weight excluding hydrogens is 350 g/mol. The number of thiophene rings is 1. The number of aromatic nitrogens is 2. The van der Waals surface area contributed by atoms with Gasteiger partial charge in [0.05, 0.1) is 12.0 Å². The van der Waals surface area contributed by atoms with Crippen LogP contribution in [0.25, 0.3) is 21.3 Å². The van der Waals surface area contributed by atoms with E-state index in [9.17, 15) is 9.59 Å². The lowest BCUT2D eigenvalue weighted by Crippen LogP contribution is -2.35. The minimum absolute atomic E-state index is 0.246. The van der Waals surface area contributed by atoms with Crippen LogP contribution in [0.5, 0.6) is 0 Å². The SMILES string of the molecule is COCCc1nc2scc(-c3ccc(C)cc3)c2c(=O)n1C(C)C(N)=O. The Morgan fingerprint density at radius 3 is 2.65 bits per heavy atom. The third-order valence-corrected chi connectivity index (χ3v) is 5.28. The number of hydrogen-bond donors (Lipinski definition) is 1. The van der Waals surface area contributed by atoms with Gasteiger partial charge in [0.15, 0.2) is 0 Å². The molecule has 1 atom stereocenters. The number of ether oxygens (including phenoxy) is 1. The van der Waals surface area contributed by atoms with Crippen LogP contribution in [-0.4, -0.2) is 29.2 Å². The Morgan fingerprint density at radius 2 is 2.04 bits per heavy atom. The lowest BCUT2D eigenvalue weighted by Gasteiger charge is -2.17. The van der Waals surface area contributed by atoms with Gasteiger partial charge in [-0.05, 0) is 19.4 Å². The number of nitrogens with zero attached hydrogens (tertiary/aromatic N) is 2. The third-order valence-electron chi connectivity index (χ3n) is 4.40. The molecule has 1 aromatic carbocycles. The van der Waals surface area contributed by atoms with Crippen LogP contribution in [0.15, 0.2) is 34.4 Å². The lowest BCUT2D eigenvalue weighted by atomic mass is 10.0. The van der Waals surface area contributed by atoms with Gasteiger partial charge in [0.2, 0.25) is 5.91 Å². The van der Waals surface area contributed by atoms with Crippen LogP contribution in [-0.2, 0) is 16.0 Å². The summed E-state index contributed by atoms with van der Waals surface area (Å²) < 4.78 is 6.51. The monoisotopic (exact) mass is 371 g/mol. The van der Waals surface area contributed by atoms with Crippen molar-refractivity contribution in [2.24, 2.45) is 5.73 Å². The van der Waals surface area contributed by atoms with Crippen molar-refractivity contribution < 1.29 is 9.53 Å². The second-order valence-corrected chi connectivity index (χ2v) is 7.08. The minimum atomic E-state index is -0.781. The number of amides is 1. The van der Waals surface area contributed by atoms with Gasteiger partial charge in [-0.3, -0.25) is 14.2 Å². The largest absolute Gasteiger partial charge is 0.384 e. The summed E-state index contributed by atoms with van der Waals surface area (Å²) in [6.07, 6.45) is 0.428. The zero-order valence-corrected chi connectivity index (χ0v) is 15.8. The van der Waals surface area contributed by atoms with E-state index < -0.39 is 11.9 Å². The van der Waals surface area contributed by atoms with Gasteiger partial charge in [0, 0.05) is 24.5 Å². The molecule has 0 fully saturated rings. The van der Waals surface area contributed by atoms with Crippen LogP contribution < -0.4 is 11.3 Å². The Morgan fingerprint density at radius 1 is 1.35 bits per heavy atom. The fourth-order valence-corrected chi connectivity index (χ4v) is 3.84. The second kappa shape index (κ2) is 7.39. The number of rotatable bonds is 6. The normalized spacial score (nSPS) is 12.4. The molecule has 2 heterocycles. The number of primary amides is 1. The summed E-state index contributed by atoms with van der Waals surface area (Å²) in [6, 6.07) is 7.19. The molecule has 0 saturated heterocycles. The van der Waals surface area contributed by atoms with Crippen molar-refractivity contribution in [1.82, 2.24) is 9.55 Å². The van der Waals surface area contributed by atoms with E-state index >= 15 is 0 Å². The molecule has 0 bridgehead atoms. The van der Waals surface area contributed by atoms with Gasteiger partial charge in [-0.1, -0.05) is 29.8 Å². The minimum Gasteiger partial charge on any atom is -0.384 e. The molecule has 1 amide bonds. The summed E-state index contributed by atoms with van der Waals surface area (Å²) in [7, 11) is 1.58. The molecule has 1 unspecified atom stereocenters. The number of fused-ring (bicyclic) bond motifs is 1. The first-order valence-electron chi connectivity index (χ1n) is 8.32. The molecule has 136 valence electrons. The Bertz CT molecular complexity index is 1010. The van der Waals surface area contributed by atoms with E-state index in [0.29, 0.717) is 29.1 Å². The van der Waals surface area contributed by atoms with Gasteiger partial charge in [-0.25, -0.2) is 4.98 Å². The molecule has 26 heavy (non-hydrogen) atoms. The van der Waals surface area contributed by atoms with E-state index in [-0.39, 0.29) is 5.56 Å². The molecule has 2 N–H and O–H groups in total.